The summed E-state index contributed by atoms with van der Waals surface area (Å²) in [4.78, 5) is 9.14. The van der Waals surface area contributed by atoms with Gasteiger partial charge in [0.15, 0.2) is 0 Å². The fourth-order valence-electron chi connectivity index (χ4n) is 1.87. The molecule has 0 atom stereocenters. The minimum atomic E-state index is 0.475. The summed E-state index contributed by atoms with van der Waals surface area (Å²) in [6.45, 7) is 4.33. The first-order chi connectivity index (χ1) is 8.74. The molecule has 0 amide bonds. The summed E-state index contributed by atoms with van der Waals surface area (Å²) in [7, 11) is 0. The van der Waals surface area contributed by atoms with Gasteiger partial charge >= 0.3 is 0 Å². The van der Waals surface area contributed by atoms with Gasteiger partial charge in [0, 0.05) is 22.5 Å². The molecule has 3 heteroatoms. The first kappa shape index (κ1) is 11.4. The molecule has 0 aliphatic heterocycles. The molecule has 3 rings (SSSR count). The molecule has 3 aromatic rings. The zero-order valence-electron chi connectivity index (χ0n) is 10.4. The Balaban J connectivity index is 2.07. The zero-order chi connectivity index (χ0) is 12.5. The Labute approximate surface area is 110 Å². The number of nitrogens with zero attached hydrogens (tertiary/aromatic N) is 2. The maximum atomic E-state index is 4.67. The Morgan fingerprint density at radius 3 is 2.78 bits per heavy atom. The number of para-hydroxylation sites is 1. The van der Waals surface area contributed by atoms with Crippen LogP contribution >= 0.6 is 11.3 Å². The van der Waals surface area contributed by atoms with Gasteiger partial charge in [-0.2, -0.15) is 0 Å². The van der Waals surface area contributed by atoms with Crippen LogP contribution < -0.4 is 0 Å². The SMILES string of the molecule is CC(C)c1csc(-c2cnc3ccccc3c2)n1. The average molecular weight is 254 g/mol. The van der Waals surface area contributed by atoms with E-state index in [4.69, 9.17) is 0 Å². The number of thiazole rings is 1. The van der Waals surface area contributed by atoms with Gasteiger partial charge in [0.05, 0.1) is 11.2 Å². The monoisotopic (exact) mass is 254 g/mol. The van der Waals surface area contributed by atoms with Crippen molar-refractivity contribution in [2.75, 3.05) is 0 Å². The second-order valence-corrected chi connectivity index (χ2v) is 5.51. The van der Waals surface area contributed by atoms with Crippen LogP contribution in [-0.2, 0) is 0 Å². The van der Waals surface area contributed by atoms with Gasteiger partial charge in [0.1, 0.15) is 5.01 Å². The molecule has 0 saturated carbocycles. The van der Waals surface area contributed by atoms with Crippen LogP contribution in [0, 0.1) is 0 Å². The maximum Gasteiger partial charge on any atom is 0.125 e. The molecule has 18 heavy (non-hydrogen) atoms. The van der Waals surface area contributed by atoms with Crippen LogP contribution in [0.15, 0.2) is 41.9 Å². The maximum absolute atomic E-state index is 4.67. The van der Waals surface area contributed by atoms with E-state index >= 15 is 0 Å². The van der Waals surface area contributed by atoms with Crippen molar-refractivity contribution in [2.45, 2.75) is 19.8 Å². The minimum absolute atomic E-state index is 0.475. The fraction of sp³-hybridized carbons (Fsp3) is 0.200. The highest BCUT2D eigenvalue weighted by Crippen LogP contribution is 2.28. The summed E-state index contributed by atoms with van der Waals surface area (Å²) in [6, 6.07) is 10.3. The predicted molar refractivity (Wildman–Crippen MR) is 76.9 cm³/mol. The van der Waals surface area contributed by atoms with E-state index in [1.54, 1.807) is 11.3 Å². The number of aromatic nitrogens is 2. The molecule has 1 aromatic carbocycles. The predicted octanol–water partition coefficient (Wildman–Crippen LogP) is 4.48. The van der Waals surface area contributed by atoms with Crippen molar-refractivity contribution in [3.8, 4) is 10.6 Å². The van der Waals surface area contributed by atoms with Gasteiger partial charge in [0.25, 0.3) is 0 Å². The number of fused-ring (bicyclic) bond motifs is 1. The summed E-state index contributed by atoms with van der Waals surface area (Å²) in [5.41, 5.74) is 3.29. The van der Waals surface area contributed by atoms with Gasteiger partial charge in [0.2, 0.25) is 0 Å². The third-order valence-electron chi connectivity index (χ3n) is 2.95. The summed E-state index contributed by atoms with van der Waals surface area (Å²) in [5.74, 6) is 0.475. The summed E-state index contributed by atoms with van der Waals surface area (Å²) < 4.78 is 0. The smallest absolute Gasteiger partial charge is 0.125 e. The molecular weight excluding hydrogens is 240 g/mol. The highest BCUT2D eigenvalue weighted by atomic mass is 32.1. The molecule has 0 bridgehead atoms. The van der Waals surface area contributed by atoms with Crippen LogP contribution in [0.2, 0.25) is 0 Å². The quantitative estimate of drug-likeness (QED) is 0.673. The highest BCUT2D eigenvalue weighted by Gasteiger charge is 2.08. The molecule has 0 aliphatic rings. The lowest BCUT2D eigenvalue weighted by Gasteiger charge is -2.00. The number of hydrogen-bond donors (Lipinski definition) is 0. The third kappa shape index (κ3) is 2.02. The van der Waals surface area contributed by atoms with Gasteiger partial charge in [-0.15, -0.1) is 11.3 Å². The molecular formula is C15H14N2S. The van der Waals surface area contributed by atoms with E-state index in [9.17, 15) is 0 Å². The number of hydrogen-bond acceptors (Lipinski definition) is 3. The van der Waals surface area contributed by atoms with Crippen molar-refractivity contribution in [3.63, 3.8) is 0 Å². The molecule has 0 N–H and O–H groups in total. The van der Waals surface area contributed by atoms with Crippen molar-refractivity contribution >= 4 is 22.2 Å². The van der Waals surface area contributed by atoms with E-state index in [1.807, 2.05) is 24.4 Å². The van der Waals surface area contributed by atoms with E-state index in [2.05, 4.69) is 41.3 Å². The zero-order valence-corrected chi connectivity index (χ0v) is 11.2. The molecule has 0 spiro atoms. The summed E-state index contributed by atoms with van der Waals surface area (Å²) >= 11 is 1.69. The molecule has 0 saturated heterocycles. The molecule has 2 heterocycles. The van der Waals surface area contributed by atoms with Crippen LogP contribution in [0.4, 0.5) is 0 Å². The second-order valence-electron chi connectivity index (χ2n) is 4.65. The van der Waals surface area contributed by atoms with E-state index in [0.717, 1.165) is 27.2 Å². The lowest BCUT2D eigenvalue weighted by molar-refractivity contribution is 0.834. The number of rotatable bonds is 2. The molecule has 0 fully saturated rings. The lowest BCUT2D eigenvalue weighted by atomic mass is 10.1. The van der Waals surface area contributed by atoms with Crippen molar-refractivity contribution in [2.24, 2.45) is 0 Å². The van der Waals surface area contributed by atoms with Crippen molar-refractivity contribution in [1.29, 1.82) is 0 Å². The molecule has 0 unspecified atom stereocenters. The van der Waals surface area contributed by atoms with Gasteiger partial charge in [-0.25, -0.2) is 4.98 Å². The number of benzene rings is 1. The first-order valence-electron chi connectivity index (χ1n) is 6.04. The van der Waals surface area contributed by atoms with Crippen LogP contribution in [0.5, 0.6) is 0 Å². The normalized spacial score (nSPS) is 11.3. The standard InChI is InChI=1S/C15H14N2S/c1-10(2)14-9-18-15(17-14)12-7-11-5-3-4-6-13(11)16-8-12/h3-10H,1-2H3. The minimum Gasteiger partial charge on any atom is -0.256 e. The Bertz CT molecular complexity index is 686. The molecule has 90 valence electrons. The van der Waals surface area contributed by atoms with E-state index in [-0.39, 0.29) is 0 Å². The van der Waals surface area contributed by atoms with Gasteiger partial charge in [-0.3, -0.25) is 4.98 Å². The van der Waals surface area contributed by atoms with Gasteiger partial charge < -0.3 is 0 Å². The molecule has 0 radical (unpaired) electrons. The molecule has 2 aromatic heterocycles. The Morgan fingerprint density at radius 1 is 1.17 bits per heavy atom. The number of pyridine rings is 1. The van der Waals surface area contributed by atoms with Crippen molar-refractivity contribution < 1.29 is 0 Å². The highest BCUT2D eigenvalue weighted by molar-refractivity contribution is 7.13. The summed E-state index contributed by atoms with van der Waals surface area (Å²) in [6.07, 6.45) is 1.91. The van der Waals surface area contributed by atoms with Crippen LogP contribution in [0.1, 0.15) is 25.5 Å². The van der Waals surface area contributed by atoms with Gasteiger partial charge in [-0.05, 0) is 18.1 Å². The fourth-order valence-corrected chi connectivity index (χ4v) is 2.83. The van der Waals surface area contributed by atoms with Crippen molar-refractivity contribution in [3.05, 3.63) is 47.6 Å². The van der Waals surface area contributed by atoms with Gasteiger partial charge in [-0.1, -0.05) is 32.0 Å². The van der Waals surface area contributed by atoms with E-state index < -0.39 is 0 Å². The molecule has 0 aliphatic carbocycles. The first-order valence-corrected chi connectivity index (χ1v) is 6.92. The topological polar surface area (TPSA) is 25.8 Å². The van der Waals surface area contributed by atoms with Crippen LogP contribution in [0.3, 0.4) is 0 Å². The summed E-state index contributed by atoms with van der Waals surface area (Å²) in [5, 5.41) is 4.35. The van der Waals surface area contributed by atoms with Crippen LogP contribution in [0.25, 0.3) is 21.5 Å². The molecule has 2 nitrogen and oxygen atoms in total. The largest absolute Gasteiger partial charge is 0.256 e. The van der Waals surface area contributed by atoms with Crippen LogP contribution in [-0.4, -0.2) is 9.97 Å². The van der Waals surface area contributed by atoms with Crippen molar-refractivity contribution in [1.82, 2.24) is 9.97 Å². The van der Waals surface area contributed by atoms with E-state index in [1.165, 1.54) is 0 Å². The third-order valence-corrected chi connectivity index (χ3v) is 3.86. The Morgan fingerprint density at radius 2 is 2.00 bits per heavy atom. The second kappa shape index (κ2) is 4.50. The lowest BCUT2D eigenvalue weighted by Crippen LogP contribution is -1.87. The Hall–Kier alpha value is -1.74. The van der Waals surface area contributed by atoms with E-state index in [0.29, 0.717) is 5.92 Å². The Kier molecular flexibility index (Phi) is 2.84. The average Bonchev–Trinajstić information content (AvgIpc) is 2.88.